The second-order valence-corrected chi connectivity index (χ2v) is 11.7. The van der Waals surface area contributed by atoms with Gasteiger partial charge in [-0.25, -0.2) is 4.68 Å². The van der Waals surface area contributed by atoms with E-state index in [-0.39, 0.29) is 18.4 Å². The van der Waals surface area contributed by atoms with E-state index in [1.54, 1.807) is 27.4 Å². The third-order valence-corrected chi connectivity index (χ3v) is 8.30. The quantitative estimate of drug-likeness (QED) is 0.212. The van der Waals surface area contributed by atoms with Crippen molar-refractivity contribution < 1.29 is 23.8 Å². The lowest BCUT2D eigenvalue weighted by Gasteiger charge is -2.29. The van der Waals surface area contributed by atoms with Crippen LogP contribution in [0.15, 0.2) is 58.9 Å². The number of aryl methyl sites for hydroxylation is 1. The molecular weight excluding hydrogens is 580 g/mol. The third kappa shape index (κ3) is 7.36. The van der Waals surface area contributed by atoms with Gasteiger partial charge in [-0.3, -0.25) is 9.59 Å². The van der Waals surface area contributed by atoms with Gasteiger partial charge in [-0.05, 0) is 62.6 Å². The van der Waals surface area contributed by atoms with Crippen molar-refractivity contribution in [2.45, 2.75) is 51.7 Å². The normalized spacial score (nSPS) is 16.3. The van der Waals surface area contributed by atoms with E-state index < -0.39 is 6.04 Å². The molecule has 1 atom stereocenters. The van der Waals surface area contributed by atoms with Gasteiger partial charge in [0.1, 0.15) is 6.04 Å². The molecule has 2 aliphatic rings. The number of nitrogens with one attached hydrogen (secondary N) is 2. The van der Waals surface area contributed by atoms with Gasteiger partial charge in [0.05, 0.1) is 25.4 Å². The Kier molecular flexibility index (Phi) is 10.4. The summed E-state index contributed by atoms with van der Waals surface area (Å²) in [4.78, 5) is 33.1. The van der Waals surface area contributed by atoms with Gasteiger partial charge in [-0.1, -0.05) is 43.3 Å². The van der Waals surface area contributed by atoms with Gasteiger partial charge >= 0.3 is 0 Å². The lowest BCUT2D eigenvalue weighted by molar-refractivity contribution is -0.137. The smallest absolute Gasteiger partial charge is 0.260 e. The first-order chi connectivity index (χ1) is 21.4. The summed E-state index contributed by atoms with van der Waals surface area (Å²) in [6.45, 7) is 10.3. The number of unbranched alkanes of at least 4 members (excludes halogenated alkanes) is 1. The lowest BCUT2D eigenvalue weighted by atomic mass is 9.94. The summed E-state index contributed by atoms with van der Waals surface area (Å²) in [5, 5.41) is 11.8. The van der Waals surface area contributed by atoms with E-state index >= 15 is 0 Å². The number of fused-ring (bicyclic) bond motifs is 1. The Bertz CT molecular complexity index is 1520. The highest BCUT2D eigenvalue weighted by molar-refractivity contribution is 7.99. The molecule has 1 fully saturated rings. The number of aromatic nitrogens is 3. The molecule has 2 aliphatic heterocycles. The molecule has 2 N–H and O–H groups in total. The van der Waals surface area contributed by atoms with Crippen LogP contribution in [0.1, 0.15) is 50.8 Å². The molecule has 0 aliphatic carbocycles. The number of morpholine rings is 1. The molecule has 3 heterocycles. The summed E-state index contributed by atoms with van der Waals surface area (Å²) in [6.07, 6.45) is 2.14. The first-order valence-electron chi connectivity index (χ1n) is 15.1. The van der Waals surface area contributed by atoms with Crippen LogP contribution in [0.25, 0.3) is 0 Å². The lowest BCUT2D eigenvalue weighted by Crippen LogP contribution is -2.43. The molecule has 1 saturated heterocycles. The molecule has 11 nitrogen and oxygen atoms in total. The van der Waals surface area contributed by atoms with Gasteiger partial charge in [0.2, 0.25) is 11.1 Å². The van der Waals surface area contributed by atoms with Gasteiger partial charge in [0.15, 0.2) is 18.1 Å². The molecule has 0 spiro atoms. The van der Waals surface area contributed by atoms with Crippen molar-refractivity contribution in [3.63, 3.8) is 0 Å². The second-order valence-electron chi connectivity index (χ2n) is 10.7. The molecule has 0 radical (unpaired) electrons. The van der Waals surface area contributed by atoms with Crippen LogP contribution >= 0.6 is 11.8 Å². The topological polar surface area (TPSA) is 120 Å². The maximum atomic E-state index is 13.9. The molecule has 0 bridgehead atoms. The summed E-state index contributed by atoms with van der Waals surface area (Å²) in [5.74, 6) is 2.05. The number of benzene rings is 2. The van der Waals surface area contributed by atoms with Gasteiger partial charge in [0, 0.05) is 30.2 Å². The number of thioether (sulfide) groups is 1. The van der Waals surface area contributed by atoms with Crippen molar-refractivity contribution in [1.82, 2.24) is 19.7 Å². The number of amides is 2. The highest BCUT2D eigenvalue weighted by Gasteiger charge is 2.35. The Morgan fingerprint density at radius 3 is 2.66 bits per heavy atom. The summed E-state index contributed by atoms with van der Waals surface area (Å²) in [7, 11) is 0. The van der Waals surface area contributed by atoms with Gasteiger partial charge in [-0.15, -0.1) is 5.10 Å². The van der Waals surface area contributed by atoms with Crippen molar-refractivity contribution in [3.8, 4) is 11.5 Å². The zero-order chi connectivity index (χ0) is 31.1. The summed E-state index contributed by atoms with van der Waals surface area (Å²) in [6, 6.07) is 12.6. The van der Waals surface area contributed by atoms with E-state index in [2.05, 4.69) is 17.6 Å². The predicted molar refractivity (Wildman–Crippen MR) is 170 cm³/mol. The molecule has 0 saturated carbocycles. The molecule has 2 amide bonds. The van der Waals surface area contributed by atoms with Crippen LogP contribution in [0.4, 0.5) is 11.6 Å². The van der Waals surface area contributed by atoms with Crippen LogP contribution in [0.2, 0.25) is 0 Å². The fourth-order valence-corrected chi connectivity index (χ4v) is 6.06. The molecule has 234 valence electrons. The van der Waals surface area contributed by atoms with Crippen LogP contribution in [-0.4, -0.2) is 76.7 Å². The van der Waals surface area contributed by atoms with E-state index in [1.165, 1.54) is 0 Å². The summed E-state index contributed by atoms with van der Waals surface area (Å²) >= 11 is 1.59. The van der Waals surface area contributed by atoms with Gasteiger partial charge < -0.3 is 29.7 Å². The first-order valence-corrected chi connectivity index (χ1v) is 16.1. The standard InChI is InChI=1S/C32H40N6O5S/c1-5-7-17-44-32-35-31-33-22(4)28(30(40)34-24-10-8-9-21(3)18-24)29(38(31)36-32)23-11-12-25(26(19-23)42-6-2)43-20-27(39)37-13-15-41-16-14-37/h8-12,18-19,29H,5-7,13-17,20H2,1-4H3,(H,34,40)(H,33,35,36). The van der Waals surface area contributed by atoms with Crippen LogP contribution in [-0.2, 0) is 14.3 Å². The minimum atomic E-state index is -0.590. The van der Waals surface area contributed by atoms with Crippen LogP contribution in [0.3, 0.4) is 0 Å². The molecule has 5 rings (SSSR count). The van der Waals surface area contributed by atoms with Crippen molar-refractivity contribution in [2.24, 2.45) is 0 Å². The van der Waals surface area contributed by atoms with E-state index in [1.807, 2.05) is 57.2 Å². The number of ether oxygens (including phenoxy) is 3. The van der Waals surface area contributed by atoms with E-state index in [0.717, 1.165) is 29.7 Å². The number of carbonyl (C=O) groups excluding carboxylic acids is 2. The molecule has 2 aromatic carbocycles. The fraction of sp³-hybridized carbons (Fsp3) is 0.438. The highest BCUT2D eigenvalue weighted by atomic mass is 32.2. The molecule has 3 aromatic rings. The zero-order valence-corrected chi connectivity index (χ0v) is 26.5. The van der Waals surface area contributed by atoms with Gasteiger partial charge in [0.25, 0.3) is 11.8 Å². The van der Waals surface area contributed by atoms with E-state index in [9.17, 15) is 9.59 Å². The maximum absolute atomic E-state index is 13.9. The van der Waals surface area contributed by atoms with Crippen LogP contribution in [0, 0.1) is 6.92 Å². The Labute approximate surface area is 262 Å². The largest absolute Gasteiger partial charge is 0.490 e. The molecular formula is C32H40N6O5S. The van der Waals surface area contributed by atoms with Crippen molar-refractivity contribution in [3.05, 3.63) is 64.9 Å². The second kappa shape index (κ2) is 14.6. The van der Waals surface area contributed by atoms with E-state index in [0.29, 0.717) is 72.5 Å². The van der Waals surface area contributed by atoms with Gasteiger partial charge in [-0.2, -0.15) is 4.98 Å². The number of allylic oxidation sites excluding steroid dienone is 1. The van der Waals surface area contributed by atoms with Crippen LogP contribution < -0.4 is 20.1 Å². The third-order valence-electron chi connectivity index (χ3n) is 7.38. The average Bonchev–Trinajstić information content (AvgIpc) is 3.42. The minimum absolute atomic E-state index is 0.104. The Hall–Kier alpha value is -4.03. The Morgan fingerprint density at radius 2 is 1.91 bits per heavy atom. The van der Waals surface area contributed by atoms with Crippen molar-refractivity contribution in [2.75, 3.05) is 55.9 Å². The Balaban J connectivity index is 1.48. The molecule has 44 heavy (non-hydrogen) atoms. The predicted octanol–water partition coefficient (Wildman–Crippen LogP) is 5.04. The minimum Gasteiger partial charge on any atom is -0.490 e. The van der Waals surface area contributed by atoms with E-state index in [4.69, 9.17) is 24.3 Å². The van der Waals surface area contributed by atoms with Crippen molar-refractivity contribution in [1.29, 1.82) is 0 Å². The number of nitrogens with zero attached hydrogens (tertiary/aromatic N) is 4. The number of carbonyl (C=O) groups is 2. The summed E-state index contributed by atoms with van der Waals surface area (Å²) in [5.41, 5.74) is 3.71. The number of hydrogen-bond acceptors (Lipinski definition) is 9. The SMILES string of the molecule is CCCCSc1nc2n(n1)C(c1ccc(OCC(=O)N3CCOCC3)c(OCC)c1)C(C(=O)Nc1cccc(C)c1)=C(C)N2. The molecule has 12 heteroatoms. The molecule has 1 aromatic heterocycles. The highest BCUT2D eigenvalue weighted by Crippen LogP contribution is 2.40. The zero-order valence-electron chi connectivity index (χ0n) is 25.7. The number of anilines is 2. The number of hydrogen-bond donors (Lipinski definition) is 2. The van der Waals surface area contributed by atoms with Crippen molar-refractivity contribution >= 4 is 35.2 Å². The monoisotopic (exact) mass is 620 g/mol. The fourth-order valence-electron chi connectivity index (χ4n) is 5.15. The first kappa shape index (κ1) is 31.4. The maximum Gasteiger partial charge on any atom is 0.260 e. The van der Waals surface area contributed by atoms with Crippen LogP contribution in [0.5, 0.6) is 11.5 Å². The summed E-state index contributed by atoms with van der Waals surface area (Å²) < 4.78 is 19.1. The molecule has 1 unspecified atom stereocenters. The average molecular weight is 621 g/mol. The Morgan fingerprint density at radius 1 is 1.09 bits per heavy atom. The number of rotatable bonds is 12.